The van der Waals surface area contributed by atoms with Gasteiger partial charge in [-0.15, -0.1) is 0 Å². The normalized spacial score (nSPS) is 25.1. The SMILES string of the molecule is CCC(C)[C@@H]1CC(=O)C2CCCN2C(=O)C(Cc2cccc(-c3cccc4ncccc34)c2)N(C)C(=O)C(Cc2ccccc2)NC(=O)[C@H](C(C)C)N(C)C(=O)[C@@H](C(C)CC)OC(=O)[C@H](C(C)(C)O)N(C)C(=O)[C@H](CC(C)C)CC(=O)[C@H](C(C)C)N(C)C1=O. The second-order valence-corrected chi connectivity index (χ2v) is 26.9. The third-order valence-electron chi connectivity index (χ3n) is 18.5. The Bertz CT molecular complexity index is 3150. The summed E-state index contributed by atoms with van der Waals surface area (Å²) in [4.78, 5) is 148. The van der Waals surface area contributed by atoms with Crippen LogP contribution in [0.15, 0.2) is 91.1 Å². The van der Waals surface area contributed by atoms with Crippen LogP contribution in [0.25, 0.3) is 22.0 Å². The lowest BCUT2D eigenvalue weighted by Crippen LogP contribution is -2.61. The number of carbonyl (C=O) groups is 9. The number of benzene rings is 3. The summed E-state index contributed by atoms with van der Waals surface area (Å²) < 4.78 is 6.17. The summed E-state index contributed by atoms with van der Waals surface area (Å²) in [5.41, 5.74) is 2.00. The minimum absolute atomic E-state index is 0.0000516. The van der Waals surface area contributed by atoms with Crippen LogP contribution in [-0.4, -0.2) is 170 Å². The number of amides is 6. The molecule has 2 fully saturated rings. The monoisotopic (exact) mass is 1230 g/mol. The summed E-state index contributed by atoms with van der Waals surface area (Å²) >= 11 is 0. The molecule has 1 aromatic heterocycles. The van der Waals surface area contributed by atoms with Crippen molar-refractivity contribution in [3.63, 3.8) is 0 Å². The number of ketones is 2. The fourth-order valence-corrected chi connectivity index (χ4v) is 13.3. The number of aromatic nitrogens is 1. The van der Waals surface area contributed by atoms with Gasteiger partial charge >= 0.3 is 5.97 Å². The van der Waals surface area contributed by atoms with Crippen molar-refractivity contribution in [2.45, 2.75) is 189 Å². The van der Waals surface area contributed by atoms with Crippen LogP contribution in [0, 0.1) is 41.4 Å². The summed E-state index contributed by atoms with van der Waals surface area (Å²) in [7, 11) is 5.85. The molecule has 6 amide bonds. The van der Waals surface area contributed by atoms with Gasteiger partial charge in [-0.05, 0) is 97.6 Å². The molecule has 0 saturated carbocycles. The van der Waals surface area contributed by atoms with E-state index in [0.29, 0.717) is 36.8 Å². The van der Waals surface area contributed by atoms with Gasteiger partial charge < -0.3 is 39.7 Å². The van der Waals surface area contributed by atoms with Gasteiger partial charge in [0.05, 0.1) is 23.2 Å². The van der Waals surface area contributed by atoms with Gasteiger partial charge in [0.15, 0.2) is 23.7 Å². The molecular formula is C71H99N7O11. The van der Waals surface area contributed by atoms with Crippen LogP contribution in [0.2, 0.25) is 0 Å². The van der Waals surface area contributed by atoms with Gasteiger partial charge in [-0.1, -0.05) is 148 Å². The second kappa shape index (κ2) is 30.9. The van der Waals surface area contributed by atoms with E-state index in [1.807, 2.05) is 133 Å². The zero-order valence-corrected chi connectivity index (χ0v) is 55.5. The Labute approximate surface area is 527 Å². The Balaban J connectivity index is 1.53. The van der Waals surface area contributed by atoms with Gasteiger partial charge in [-0.25, -0.2) is 4.79 Å². The Hall–Kier alpha value is -7.34. The lowest BCUT2D eigenvalue weighted by molar-refractivity contribution is -0.178. The summed E-state index contributed by atoms with van der Waals surface area (Å²) in [5, 5.41) is 15.7. The molecular weight excluding hydrogens is 1130 g/mol. The van der Waals surface area contributed by atoms with Crippen molar-refractivity contribution in [3.05, 3.63) is 102 Å². The number of pyridine rings is 1. The van der Waals surface area contributed by atoms with Crippen LogP contribution >= 0.6 is 0 Å². The average Bonchev–Trinajstić information content (AvgIpc) is 4.18. The quantitative estimate of drug-likeness (QED) is 0.113. The number of ether oxygens (including phenoxy) is 1. The van der Waals surface area contributed by atoms with Gasteiger partial charge in [0.1, 0.15) is 18.1 Å². The second-order valence-electron chi connectivity index (χ2n) is 26.9. The molecule has 0 aliphatic carbocycles. The maximum absolute atomic E-state index is 15.8. The Morgan fingerprint density at radius 1 is 0.640 bits per heavy atom. The lowest BCUT2D eigenvalue weighted by atomic mass is 9.82. The molecule has 484 valence electrons. The van der Waals surface area contributed by atoms with Gasteiger partial charge in [0.2, 0.25) is 29.5 Å². The molecule has 2 aliphatic heterocycles. The van der Waals surface area contributed by atoms with E-state index < -0.39 is 125 Å². The maximum atomic E-state index is 15.8. The summed E-state index contributed by atoms with van der Waals surface area (Å²) in [5.74, 6) is -9.52. The van der Waals surface area contributed by atoms with Gasteiger partial charge in [-0.3, -0.25) is 43.3 Å². The minimum atomic E-state index is -1.95. The largest absolute Gasteiger partial charge is 0.450 e. The Morgan fingerprint density at radius 3 is 1.89 bits per heavy atom. The molecule has 0 spiro atoms. The van der Waals surface area contributed by atoms with Crippen molar-refractivity contribution in [1.82, 2.24) is 34.8 Å². The van der Waals surface area contributed by atoms with Crippen molar-refractivity contribution in [2.75, 3.05) is 34.7 Å². The number of likely N-dealkylation sites (N-methyl/N-ethyl adjacent to an activating group) is 4. The summed E-state index contributed by atoms with van der Waals surface area (Å²) in [6, 6.07) is 19.1. The van der Waals surface area contributed by atoms with Crippen molar-refractivity contribution in [3.8, 4) is 11.1 Å². The summed E-state index contributed by atoms with van der Waals surface area (Å²) in [6.45, 7) is 21.1. The van der Waals surface area contributed by atoms with Crippen molar-refractivity contribution in [1.29, 1.82) is 0 Å². The third-order valence-corrected chi connectivity index (χ3v) is 18.5. The van der Waals surface area contributed by atoms with Gasteiger partial charge in [0, 0.05) is 89.8 Å². The zero-order valence-electron chi connectivity index (χ0n) is 55.5. The Morgan fingerprint density at radius 2 is 1.27 bits per heavy atom. The van der Waals surface area contributed by atoms with Crippen molar-refractivity contribution < 1.29 is 53.0 Å². The van der Waals surface area contributed by atoms with E-state index in [1.165, 1.54) is 54.6 Å². The summed E-state index contributed by atoms with van der Waals surface area (Å²) in [6.07, 6.45) is 1.45. The molecule has 2 saturated heterocycles. The highest BCUT2D eigenvalue weighted by Gasteiger charge is 2.48. The van der Waals surface area contributed by atoms with E-state index in [2.05, 4.69) is 10.3 Å². The number of rotatable bonds is 14. The highest BCUT2D eigenvalue weighted by molar-refractivity contribution is 6.00. The molecule has 5 unspecified atom stereocenters. The maximum Gasteiger partial charge on any atom is 0.332 e. The number of hydrogen-bond acceptors (Lipinski definition) is 12. The van der Waals surface area contributed by atoms with E-state index >= 15 is 28.8 Å². The minimum Gasteiger partial charge on any atom is -0.450 e. The van der Waals surface area contributed by atoms with Crippen LogP contribution in [0.5, 0.6) is 0 Å². The lowest BCUT2D eigenvalue weighted by Gasteiger charge is -2.39. The van der Waals surface area contributed by atoms with Crippen LogP contribution in [0.3, 0.4) is 0 Å². The molecule has 2 N–H and O–H groups in total. The molecule has 11 atom stereocenters. The molecule has 2 aliphatic rings. The van der Waals surface area contributed by atoms with E-state index in [0.717, 1.165) is 26.9 Å². The number of nitrogens with zero attached hydrogens (tertiary/aromatic N) is 6. The number of nitrogens with one attached hydrogen (secondary N) is 1. The predicted octanol–water partition coefficient (Wildman–Crippen LogP) is 8.77. The third kappa shape index (κ3) is 16.9. The number of cyclic esters (lactones) is 1. The highest BCUT2D eigenvalue weighted by Crippen LogP contribution is 2.34. The number of carbonyl (C=O) groups excluding carboxylic acids is 9. The Kier molecular flexibility index (Phi) is 24.6. The molecule has 89 heavy (non-hydrogen) atoms. The first-order chi connectivity index (χ1) is 41.9. The van der Waals surface area contributed by atoms with Gasteiger partial charge in [0.25, 0.3) is 5.91 Å². The molecule has 18 heteroatoms. The van der Waals surface area contributed by atoms with E-state index in [9.17, 15) is 19.5 Å². The zero-order chi connectivity index (χ0) is 65.9. The molecule has 3 heterocycles. The first-order valence-corrected chi connectivity index (χ1v) is 32.1. The fraction of sp³-hybridized carbons (Fsp3) is 0.577. The number of hydrogen-bond donors (Lipinski definition) is 2. The van der Waals surface area contributed by atoms with Crippen LogP contribution in [0.4, 0.5) is 0 Å². The molecule has 4 aromatic rings. The molecule has 6 rings (SSSR count). The number of esters is 1. The number of aliphatic hydroxyl groups is 1. The van der Waals surface area contributed by atoms with Crippen LogP contribution < -0.4 is 5.32 Å². The van der Waals surface area contributed by atoms with E-state index in [4.69, 9.17) is 4.74 Å². The van der Waals surface area contributed by atoms with Gasteiger partial charge in [-0.2, -0.15) is 0 Å². The smallest absolute Gasteiger partial charge is 0.332 e. The molecule has 18 nitrogen and oxygen atoms in total. The van der Waals surface area contributed by atoms with Crippen LogP contribution in [0.1, 0.15) is 139 Å². The fourth-order valence-electron chi connectivity index (χ4n) is 13.3. The first kappa shape index (κ1) is 70.7. The molecule has 0 radical (unpaired) electrons. The van der Waals surface area contributed by atoms with Crippen molar-refractivity contribution in [2.24, 2.45) is 41.4 Å². The predicted molar refractivity (Wildman–Crippen MR) is 344 cm³/mol. The van der Waals surface area contributed by atoms with E-state index in [-0.39, 0.29) is 56.3 Å². The topological polar surface area (TPSA) is 224 Å². The van der Waals surface area contributed by atoms with E-state index in [1.54, 1.807) is 34.0 Å². The first-order valence-electron chi connectivity index (χ1n) is 32.1. The molecule has 3 aromatic carbocycles. The number of fused-ring (bicyclic) bond motifs is 2. The molecule has 0 bridgehead atoms. The number of Topliss-reactive ketones (excluding diaryl/α,β-unsaturated/α-hetero) is 2. The average molecular weight is 1230 g/mol. The highest BCUT2D eigenvalue weighted by atomic mass is 16.6. The standard InChI is InChI=1S/C71H99N7O11/c1-17-45(9)53-41-58(79)56-33-25-35-78(56)68(85)57(39-48-28-22-29-49(37-48)51-30-23-32-54-52(51)31-24-34-72-54)74(13)67(84)55(38-47-26-20-19-21-27-47)73-64(81)61(44(7)8)76(15)69(86)62(46(10)18-2)89-70(87)63(71(11,12)88)77(16)65(82)50(36-42(3)4)40-59(80)60(43(5)6)75(14)66(53)83/h19-24,26-32,34,37,42-46,50,53,55-57,60-63,88H,17-18,25,33,35-36,38-41H2,1-16H3,(H,73,81)/t45?,46?,50-,53+,55?,56?,57?,60+,61+,62-,63-/m1/s1. The van der Waals surface area contributed by atoms with Crippen molar-refractivity contribution >= 4 is 63.9 Å². The van der Waals surface area contributed by atoms with Crippen LogP contribution in [-0.2, 0) is 60.7 Å².